The van der Waals surface area contributed by atoms with Crippen molar-refractivity contribution >= 4 is 22.0 Å². The monoisotopic (exact) mass is 284 g/mol. The highest BCUT2D eigenvalue weighted by Gasteiger charge is 2.15. The van der Waals surface area contributed by atoms with Gasteiger partial charge < -0.3 is 10.4 Å². The highest BCUT2D eigenvalue weighted by molar-refractivity contribution is 9.10. The molecule has 0 spiro atoms. The molecule has 0 aliphatic carbocycles. The van der Waals surface area contributed by atoms with E-state index in [4.69, 9.17) is 5.11 Å². The van der Waals surface area contributed by atoms with Crippen LogP contribution in [-0.2, 0) is 0 Å². The summed E-state index contributed by atoms with van der Waals surface area (Å²) >= 11 is 3.25. The van der Waals surface area contributed by atoms with Gasteiger partial charge in [-0.3, -0.25) is 0 Å². The first kappa shape index (κ1) is 12.7. The lowest BCUT2D eigenvalue weighted by Gasteiger charge is -2.16. The van der Waals surface area contributed by atoms with Crippen LogP contribution in [0.1, 0.15) is 25.1 Å². The first-order chi connectivity index (χ1) is 7.49. The zero-order chi connectivity index (χ0) is 12.1. The molecule has 1 amide bonds. The second kappa shape index (κ2) is 5.65. The van der Waals surface area contributed by atoms with Crippen molar-refractivity contribution in [1.82, 2.24) is 10.3 Å². The van der Waals surface area contributed by atoms with Crippen molar-refractivity contribution in [3.8, 4) is 0 Å². The summed E-state index contributed by atoms with van der Waals surface area (Å²) in [4.78, 5) is 14.9. The maximum absolute atomic E-state index is 10.7. The number of aromatic nitrogens is 1. The standard InChI is InChI=1S/C11H13BrN2O2/c1-7(2)6-9(14-11(15)16)8-4-3-5-10(12)13-8/h3-5,9,14H,1,6H2,2H3,(H,15,16). The van der Waals surface area contributed by atoms with Crippen molar-refractivity contribution in [1.29, 1.82) is 0 Å². The molecule has 0 saturated heterocycles. The quantitative estimate of drug-likeness (QED) is 0.660. The van der Waals surface area contributed by atoms with E-state index in [0.717, 1.165) is 5.57 Å². The summed E-state index contributed by atoms with van der Waals surface area (Å²) in [6, 6.07) is 5.05. The minimum Gasteiger partial charge on any atom is -0.465 e. The Bertz CT molecular complexity index is 391. The summed E-state index contributed by atoms with van der Waals surface area (Å²) in [6.45, 7) is 5.63. The van der Waals surface area contributed by atoms with Crippen LogP contribution in [0, 0.1) is 0 Å². The summed E-state index contributed by atoms with van der Waals surface area (Å²) in [6.07, 6.45) is -0.525. The summed E-state index contributed by atoms with van der Waals surface area (Å²) in [7, 11) is 0. The first-order valence-corrected chi connectivity index (χ1v) is 5.54. The van der Waals surface area contributed by atoms with Gasteiger partial charge in [0.1, 0.15) is 4.60 Å². The number of carbonyl (C=O) groups is 1. The molecule has 86 valence electrons. The molecule has 2 N–H and O–H groups in total. The van der Waals surface area contributed by atoms with E-state index in [1.54, 1.807) is 12.1 Å². The van der Waals surface area contributed by atoms with Crippen molar-refractivity contribution in [3.05, 3.63) is 40.6 Å². The molecule has 0 bridgehead atoms. The SMILES string of the molecule is C=C(C)CC(NC(=O)O)c1cccc(Br)n1. The van der Waals surface area contributed by atoms with Crippen LogP contribution in [0.25, 0.3) is 0 Å². The van der Waals surface area contributed by atoms with Gasteiger partial charge in [-0.05, 0) is 41.4 Å². The Morgan fingerprint density at radius 1 is 1.69 bits per heavy atom. The summed E-state index contributed by atoms with van der Waals surface area (Å²) < 4.78 is 0.684. The number of halogens is 1. The van der Waals surface area contributed by atoms with Crippen LogP contribution < -0.4 is 5.32 Å². The van der Waals surface area contributed by atoms with Gasteiger partial charge in [-0.15, -0.1) is 6.58 Å². The Labute approximate surface area is 103 Å². The molecule has 1 atom stereocenters. The summed E-state index contributed by atoms with van der Waals surface area (Å²) in [5.74, 6) is 0. The van der Waals surface area contributed by atoms with Crippen molar-refractivity contribution < 1.29 is 9.90 Å². The van der Waals surface area contributed by atoms with Crippen LogP contribution in [0.2, 0.25) is 0 Å². The third kappa shape index (κ3) is 4.02. The van der Waals surface area contributed by atoms with Gasteiger partial charge in [-0.2, -0.15) is 0 Å². The molecule has 0 fully saturated rings. The Morgan fingerprint density at radius 2 is 2.38 bits per heavy atom. The number of amides is 1. The average molecular weight is 285 g/mol. The maximum atomic E-state index is 10.7. The minimum absolute atomic E-state index is 0.354. The molecular weight excluding hydrogens is 272 g/mol. The molecule has 1 rings (SSSR count). The topological polar surface area (TPSA) is 62.2 Å². The van der Waals surface area contributed by atoms with Crippen LogP contribution in [0.5, 0.6) is 0 Å². The van der Waals surface area contributed by atoms with E-state index < -0.39 is 6.09 Å². The van der Waals surface area contributed by atoms with Gasteiger partial charge in [0.25, 0.3) is 0 Å². The van der Waals surface area contributed by atoms with Gasteiger partial charge in [0.15, 0.2) is 0 Å². The molecule has 4 nitrogen and oxygen atoms in total. The summed E-state index contributed by atoms with van der Waals surface area (Å²) in [5, 5.41) is 11.2. The number of nitrogens with one attached hydrogen (secondary N) is 1. The fourth-order valence-corrected chi connectivity index (χ4v) is 1.70. The summed E-state index contributed by atoms with van der Waals surface area (Å²) in [5.41, 5.74) is 1.58. The van der Waals surface area contributed by atoms with Gasteiger partial charge in [0, 0.05) is 0 Å². The molecular formula is C11H13BrN2O2. The predicted molar refractivity (Wildman–Crippen MR) is 65.3 cm³/mol. The largest absolute Gasteiger partial charge is 0.465 e. The molecule has 1 aromatic heterocycles. The van der Waals surface area contributed by atoms with Gasteiger partial charge in [-0.1, -0.05) is 11.6 Å². The van der Waals surface area contributed by atoms with E-state index in [1.807, 2.05) is 13.0 Å². The van der Waals surface area contributed by atoms with Gasteiger partial charge in [-0.25, -0.2) is 9.78 Å². The number of carboxylic acid groups (broad SMARTS) is 1. The number of hydrogen-bond donors (Lipinski definition) is 2. The molecule has 16 heavy (non-hydrogen) atoms. The number of rotatable bonds is 4. The van der Waals surface area contributed by atoms with Crippen LogP contribution in [0.3, 0.4) is 0 Å². The molecule has 0 saturated carbocycles. The highest BCUT2D eigenvalue weighted by Crippen LogP contribution is 2.20. The lowest BCUT2D eigenvalue weighted by molar-refractivity contribution is 0.189. The third-order valence-corrected chi connectivity index (χ3v) is 2.39. The van der Waals surface area contributed by atoms with E-state index in [-0.39, 0.29) is 6.04 Å². The van der Waals surface area contributed by atoms with Crippen LogP contribution in [0.15, 0.2) is 35.0 Å². The number of hydrogen-bond acceptors (Lipinski definition) is 2. The normalized spacial score (nSPS) is 11.9. The second-order valence-electron chi connectivity index (χ2n) is 3.55. The zero-order valence-corrected chi connectivity index (χ0v) is 10.5. The Kier molecular flexibility index (Phi) is 4.49. The molecule has 1 aromatic rings. The maximum Gasteiger partial charge on any atom is 0.405 e. The van der Waals surface area contributed by atoms with Crippen molar-refractivity contribution in [3.63, 3.8) is 0 Å². The van der Waals surface area contributed by atoms with Crippen LogP contribution in [0.4, 0.5) is 4.79 Å². The van der Waals surface area contributed by atoms with Gasteiger partial charge in [0.05, 0.1) is 11.7 Å². The zero-order valence-electron chi connectivity index (χ0n) is 8.90. The average Bonchev–Trinajstić information content (AvgIpc) is 2.15. The van der Waals surface area contributed by atoms with Crippen LogP contribution >= 0.6 is 15.9 Å². The van der Waals surface area contributed by atoms with Crippen molar-refractivity contribution in [2.45, 2.75) is 19.4 Å². The van der Waals surface area contributed by atoms with E-state index in [1.165, 1.54) is 0 Å². The Hall–Kier alpha value is -1.36. The van der Waals surface area contributed by atoms with Gasteiger partial charge in [0.2, 0.25) is 0 Å². The Morgan fingerprint density at radius 3 is 2.88 bits per heavy atom. The van der Waals surface area contributed by atoms with Crippen molar-refractivity contribution in [2.75, 3.05) is 0 Å². The smallest absolute Gasteiger partial charge is 0.405 e. The molecule has 0 radical (unpaired) electrons. The first-order valence-electron chi connectivity index (χ1n) is 4.75. The van der Waals surface area contributed by atoms with E-state index in [2.05, 4.69) is 32.8 Å². The highest BCUT2D eigenvalue weighted by atomic mass is 79.9. The fourth-order valence-electron chi connectivity index (χ4n) is 1.35. The molecule has 0 aromatic carbocycles. The van der Waals surface area contributed by atoms with E-state index >= 15 is 0 Å². The van der Waals surface area contributed by atoms with E-state index in [9.17, 15) is 4.79 Å². The second-order valence-corrected chi connectivity index (χ2v) is 4.36. The molecule has 0 aliphatic heterocycles. The number of nitrogens with zero attached hydrogens (tertiary/aromatic N) is 1. The molecule has 0 aliphatic rings. The van der Waals surface area contributed by atoms with Gasteiger partial charge >= 0.3 is 6.09 Å². The lowest BCUT2D eigenvalue weighted by atomic mass is 10.1. The van der Waals surface area contributed by atoms with Crippen LogP contribution in [-0.4, -0.2) is 16.2 Å². The fraction of sp³-hybridized carbons (Fsp3) is 0.273. The predicted octanol–water partition coefficient (Wildman–Crippen LogP) is 3.12. The molecule has 1 unspecified atom stereocenters. The number of pyridine rings is 1. The lowest BCUT2D eigenvalue weighted by Crippen LogP contribution is -2.27. The van der Waals surface area contributed by atoms with Crippen molar-refractivity contribution in [2.24, 2.45) is 0 Å². The molecule has 5 heteroatoms. The Balaban J connectivity index is 2.90. The van der Waals surface area contributed by atoms with E-state index in [0.29, 0.717) is 16.7 Å². The minimum atomic E-state index is -1.06. The third-order valence-electron chi connectivity index (χ3n) is 1.94. The molecule has 1 heterocycles.